The fraction of sp³-hybridized carbons (Fsp3) is 0.500. The largest absolute Gasteiger partial charge is 0.490 e. The van der Waals surface area contributed by atoms with Crippen molar-refractivity contribution >= 4 is 0 Å². The molecule has 0 aliphatic carbocycles. The molecule has 0 unspecified atom stereocenters. The highest BCUT2D eigenvalue weighted by Gasteiger charge is 2.20. The van der Waals surface area contributed by atoms with E-state index >= 15 is 0 Å². The molecule has 0 saturated carbocycles. The van der Waals surface area contributed by atoms with Gasteiger partial charge in [-0.25, -0.2) is 0 Å². The number of aliphatic hydroxyl groups excluding tert-OH is 1. The van der Waals surface area contributed by atoms with Gasteiger partial charge in [-0.1, -0.05) is 19.4 Å². The maximum Gasteiger partial charge on any atom is 0.231 e. The van der Waals surface area contributed by atoms with Gasteiger partial charge in [-0.05, 0) is 25.3 Å². The van der Waals surface area contributed by atoms with Gasteiger partial charge in [0.15, 0.2) is 11.5 Å². The van der Waals surface area contributed by atoms with Crippen LogP contribution in [0.4, 0.5) is 0 Å². The van der Waals surface area contributed by atoms with Crippen LogP contribution < -0.4 is 14.2 Å². The fourth-order valence-corrected chi connectivity index (χ4v) is 2.16. The summed E-state index contributed by atoms with van der Waals surface area (Å²) in [5.74, 6) is 2.49. The maximum atomic E-state index is 9.86. The Morgan fingerprint density at radius 3 is 2.60 bits per heavy atom. The van der Waals surface area contributed by atoms with Gasteiger partial charge in [0.1, 0.15) is 12.4 Å². The van der Waals surface area contributed by atoms with Crippen LogP contribution in [-0.4, -0.2) is 24.6 Å². The van der Waals surface area contributed by atoms with E-state index < -0.39 is 6.10 Å². The molecule has 2 rings (SSSR count). The zero-order valence-electron chi connectivity index (χ0n) is 12.3. The highest BCUT2D eigenvalue weighted by molar-refractivity contribution is 5.52. The van der Waals surface area contributed by atoms with Gasteiger partial charge in [0.2, 0.25) is 6.79 Å². The number of benzene rings is 1. The fourth-order valence-electron chi connectivity index (χ4n) is 2.16. The average Bonchev–Trinajstić information content (AvgIpc) is 2.81. The second-order valence-corrected chi connectivity index (χ2v) is 5.52. The summed E-state index contributed by atoms with van der Waals surface area (Å²) in [4.78, 5) is 0. The number of hydrogen-bond acceptors (Lipinski definition) is 4. The van der Waals surface area contributed by atoms with Crippen LogP contribution in [-0.2, 0) is 0 Å². The molecule has 0 saturated heterocycles. The Hall–Kier alpha value is -1.68. The van der Waals surface area contributed by atoms with E-state index in [4.69, 9.17) is 14.2 Å². The van der Waals surface area contributed by atoms with Gasteiger partial charge in [-0.15, -0.1) is 6.58 Å². The summed E-state index contributed by atoms with van der Waals surface area (Å²) in [6.07, 6.45) is -0.000361. The van der Waals surface area contributed by atoms with E-state index in [0.717, 1.165) is 22.6 Å². The standard InChI is InChI=1S/C16H22O4/c1-10(2)5-12(17)8-18-14-7-16-15(19-9-20-16)6-13(14)11(3)4/h6-7,11-12,17H,1,5,8-9H2,2-4H3/t12-/m0/s1. The Bertz CT molecular complexity index is 493. The molecule has 1 heterocycles. The van der Waals surface area contributed by atoms with Gasteiger partial charge >= 0.3 is 0 Å². The molecule has 0 aromatic heterocycles. The third-order valence-corrected chi connectivity index (χ3v) is 3.14. The van der Waals surface area contributed by atoms with E-state index in [0.29, 0.717) is 18.1 Å². The third kappa shape index (κ3) is 3.45. The Morgan fingerprint density at radius 1 is 1.35 bits per heavy atom. The lowest BCUT2D eigenvalue weighted by Gasteiger charge is -2.17. The summed E-state index contributed by atoms with van der Waals surface area (Å²) in [5, 5.41) is 9.86. The van der Waals surface area contributed by atoms with Gasteiger partial charge in [0.05, 0.1) is 6.10 Å². The predicted molar refractivity (Wildman–Crippen MR) is 77.6 cm³/mol. The lowest BCUT2D eigenvalue weighted by Crippen LogP contribution is -2.18. The van der Waals surface area contributed by atoms with E-state index in [1.54, 1.807) is 0 Å². The van der Waals surface area contributed by atoms with Gasteiger partial charge in [-0.3, -0.25) is 0 Å². The predicted octanol–water partition coefficient (Wildman–Crippen LogP) is 3.24. The van der Waals surface area contributed by atoms with E-state index in [1.807, 2.05) is 19.1 Å². The number of ether oxygens (including phenoxy) is 3. The van der Waals surface area contributed by atoms with E-state index in [9.17, 15) is 5.11 Å². The molecule has 0 spiro atoms. The second-order valence-electron chi connectivity index (χ2n) is 5.52. The van der Waals surface area contributed by atoms with Gasteiger partial charge in [-0.2, -0.15) is 0 Å². The molecule has 0 radical (unpaired) electrons. The van der Waals surface area contributed by atoms with Gasteiger partial charge < -0.3 is 19.3 Å². The lowest BCUT2D eigenvalue weighted by molar-refractivity contribution is 0.107. The molecular formula is C16H22O4. The zero-order valence-corrected chi connectivity index (χ0v) is 12.3. The number of fused-ring (bicyclic) bond motifs is 1. The summed E-state index contributed by atoms with van der Waals surface area (Å²) in [6.45, 7) is 10.4. The molecule has 4 heteroatoms. The third-order valence-electron chi connectivity index (χ3n) is 3.14. The van der Waals surface area contributed by atoms with Gasteiger partial charge in [0, 0.05) is 11.6 Å². The van der Waals surface area contributed by atoms with Crippen molar-refractivity contribution in [1.29, 1.82) is 0 Å². The normalized spacial score (nSPS) is 14.4. The van der Waals surface area contributed by atoms with Crippen LogP contribution in [0.25, 0.3) is 0 Å². The maximum absolute atomic E-state index is 9.86. The van der Waals surface area contributed by atoms with Crippen LogP contribution in [0, 0.1) is 0 Å². The van der Waals surface area contributed by atoms with Crippen LogP contribution in [0.1, 0.15) is 38.7 Å². The molecule has 0 fully saturated rings. The number of rotatable bonds is 6. The van der Waals surface area contributed by atoms with Crippen LogP contribution in [0.5, 0.6) is 17.2 Å². The second kappa shape index (κ2) is 6.18. The summed E-state index contributed by atoms with van der Waals surface area (Å²) in [6, 6.07) is 3.79. The Labute approximate surface area is 120 Å². The van der Waals surface area contributed by atoms with Crippen molar-refractivity contribution in [3.05, 3.63) is 29.8 Å². The molecular weight excluding hydrogens is 256 g/mol. The zero-order chi connectivity index (χ0) is 14.7. The minimum atomic E-state index is -0.544. The Balaban J connectivity index is 2.12. The molecule has 1 N–H and O–H groups in total. The van der Waals surface area contributed by atoms with Crippen molar-refractivity contribution in [1.82, 2.24) is 0 Å². The quantitative estimate of drug-likeness (QED) is 0.811. The molecule has 1 aliphatic rings. The molecule has 110 valence electrons. The smallest absolute Gasteiger partial charge is 0.231 e. The number of hydrogen-bond donors (Lipinski definition) is 1. The average molecular weight is 278 g/mol. The molecule has 1 atom stereocenters. The first-order chi connectivity index (χ1) is 9.47. The first kappa shape index (κ1) is 14.7. The van der Waals surface area contributed by atoms with E-state index in [-0.39, 0.29) is 13.4 Å². The highest BCUT2D eigenvalue weighted by atomic mass is 16.7. The summed E-state index contributed by atoms with van der Waals surface area (Å²) < 4.78 is 16.5. The summed E-state index contributed by atoms with van der Waals surface area (Å²) >= 11 is 0. The van der Waals surface area contributed by atoms with Crippen molar-refractivity contribution in [3.8, 4) is 17.2 Å². The van der Waals surface area contributed by atoms with Crippen molar-refractivity contribution in [2.75, 3.05) is 13.4 Å². The summed E-state index contributed by atoms with van der Waals surface area (Å²) in [5.41, 5.74) is 1.99. The molecule has 0 bridgehead atoms. The topological polar surface area (TPSA) is 47.9 Å². The number of aliphatic hydroxyl groups is 1. The minimum Gasteiger partial charge on any atom is -0.490 e. The van der Waals surface area contributed by atoms with Gasteiger partial charge in [0.25, 0.3) is 0 Å². The molecule has 4 nitrogen and oxygen atoms in total. The van der Waals surface area contributed by atoms with E-state index in [2.05, 4.69) is 20.4 Å². The van der Waals surface area contributed by atoms with Crippen LogP contribution >= 0.6 is 0 Å². The first-order valence-corrected chi connectivity index (χ1v) is 6.86. The highest BCUT2D eigenvalue weighted by Crippen LogP contribution is 2.40. The summed E-state index contributed by atoms with van der Waals surface area (Å²) in [7, 11) is 0. The van der Waals surface area contributed by atoms with Crippen LogP contribution in [0.3, 0.4) is 0 Å². The SMILES string of the molecule is C=C(C)C[C@H](O)COc1cc2c(cc1C(C)C)OCO2. The monoisotopic (exact) mass is 278 g/mol. The molecule has 20 heavy (non-hydrogen) atoms. The van der Waals surface area contributed by atoms with Crippen LogP contribution in [0.2, 0.25) is 0 Å². The van der Waals surface area contributed by atoms with Crippen LogP contribution in [0.15, 0.2) is 24.3 Å². The minimum absolute atomic E-state index is 0.242. The molecule has 1 aromatic carbocycles. The molecule has 1 aliphatic heterocycles. The molecule has 0 amide bonds. The van der Waals surface area contributed by atoms with Crippen molar-refractivity contribution in [2.24, 2.45) is 0 Å². The van der Waals surface area contributed by atoms with E-state index in [1.165, 1.54) is 0 Å². The van der Waals surface area contributed by atoms with Crippen molar-refractivity contribution < 1.29 is 19.3 Å². The lowest BCUT2D eigenvalue weighted by atomic mass is 10.0. The van der Waals surface area contributed by atoms with Crippen molar-refractivity contribution in [3.63, 3.8) is 0 Å². The molecule has 1 aromatic rings. The Morgan fingerprint density at radius 2 is 2.00 bits per heavy atom. The van der Waals surface area contributed by atoms with Crippen molar-refractivity contribution in [2.45, 2.75) is 39.2 Å². The first-order valence-electron chi connectivity index (χ1n) is 6.86. The Kier molecular flexibility index (Phi) is 4.55.